The Morgan fingerprint density at radius 2 is 1.73 bits per heavy atom. The van der Waals surface area contributed by atoms with E-state index >= 15 is 0 Å². The lowest BCUT2D eigenvalue weighted by Gasteiger charge is -2.39. The van der Waals surface area contributed by atoms with Gasteiger partial charge in [-0.1, -0.05) is 54.4 Å². The number of hydrogen-bond acceptors (Lipinski definition) is 6. The number of piperidine rings is 1. The Bertz CT molecular complexity index is 1070. The van der Waals surface area contributed by atoms with E-state index in [0.717, 1.165) is 48.2 Å². The SMILES string of the molecule is CCNC1(C=O)CCN(c2nc(-c3ccccc3Cl)ncc2-c2ccc(Cl)cc2)CC1.CN. The van der Waals surface area contributed by atoms with Crippen molar-refractivity contribution in [1.82, 2.24) is 15.3 Å². The van der Waals surface area contributed by atoms with Crippen LogP contribution in [-0.2, 0) is 4.79 Å². The second-order valence-corrected chi connectivity index (χ2v) is 8.55. The molecule has 3 aromatic rings. The predicted octanol–water partition coefficient (Wildman–Crippen LogP) is 4.84. The summed E-state index contributed by atoms with van der Waals surface area (Å²) in [5.74, 6) is 1.42. The molecule has 3 N–H and O–H groups in total. The van der Waals surface area contributed by atoms with E-state index in [-0.39, 0.29) is 0 Å². The van der Waals surface area contributed by atoms with Crippen LogP contribution in [0.1, 0.15) is 19.8 Å². The molecule has 33 heavy (non-hydrogen) atoms. The molecule has 1 aliphatic rings. The molecule has 8 heteroatoms. The fraction of sp³-hybridized carbons (Fsp3) is 0.320. The number of anilines is 1. The number of nitrogens with zero attached hydrogens (tertiary/aromatic N) is 3. The highest BCUT2D eigenvalue weighted by molar-refractivity contribution is 6.33. The van der Waals surface area contributed by atoms with E-state index < -0.39 is 5.54 Å². The number of likely N-dealkylation sites (N-methyl/N-ethyl adjacent to an activating group) is 1. The highest BCUT2D eigenvalue weighted by Crippen LogP contribution is 2.35. The molecule has 0 atom stereocenters. The number of carbonyl (C=O) groups excluding carboxylic acids is 1. The van der Waals surface area contributed by atoms with Gasteiger partial charge in [0.25, 0.3) is 0 Å². The smallest absolute Gasteiger partial charge is 0.163 e. The molecule has 0 bridgehead atoms. The van der Waals surface area contributed by atoms with E-state index in [1.54, 1.807) is 0 Å². The van der Waals surface area contributed by atoms with Crippen LogP contribution in [0.25, 0.3) is 22.5 Å². The molecule has 6 nitrogen and oxygen atoms in total. The molecular weight excluding hydrogens is 457 g/mol. The molecule has 1 aromatic heterocycles. The van der Waals surface area contributed by atoms with Gasteiger partial charge in [-0.2, -0.15) is 0 Å². The lowest BCUT2D eigenvalue weighted by Crippen LogP contribution is -2.54. The Balaban J connectivity index is 0.00000149. The number of hydrogen-bond donors (Lipinski definition) is 2. The molecule has 174 valence electrons. The summed E-state index contributed by atoms with van der Waals surface area (Å²) in [5.41, 5.74) is 6.74. The largest absolute Gasteiger partial charge is 0.356 e. The number of halogens is 2. The monoisotopic (exact) mass is 485 g/mol. The van der Waals surface area contributed by atoms with Crippen molar-refractivity contribution in [3.8, 4) is 22.5 Å². The Morgan fingerprint density at radius 1 is 1.06 bits per heavy atom. The summed E-state index contributed by atoms with van der Waals surface area (Å²) in [6.45, 7) is 4.21. The van der Waals surface area contributed by atoms with E-state index in [9.17, 15) is 4.79 Å². The first-order valence-electron chi connectivity index (χ1n) is 11.0. The zero-order chi connectivity index (χ0) is 23.8. The summed E-state index contributed by atoms with van der Waals surface area (Å²) in [7, 11) is 1.50. The molecule has 0 aliphatic carbocycles. The van der Waals surface area contributed by atoms with Crippen molar-refractivity contribution in [3.05, 3.63) is 64.8 Å². The van der Waals surface area contributed by atoms with Crippen molar-refractivity contribution >= 4 is 35.3 Å². The normalized spacial score (nSPS) is 14.9. The summed E-state index contributed by atoms with van der Waals surface area (Å²) in [6, 6.07) is 15.2. The maximum absolute atomic E-state index is 11.8. The molecule has 1 fully saturated rings. The first kappa shape index (κ1) is 25.1. The van der Waals surface area contributed by atoms with E-state index in [0.29, 0.717) is 29.0 Å². The maximum atomic E-state index is 11.8. The first-order chi connectivity index (χ1) is 16.0. The Kier molecular flexibility index (Phi) is 8.80. The van der Waals surface area contributed by atoms with Crippen LogP contribution < -0.4 is 16.0 Å². The lowest BCUT2D eigenvalue weighted by molar-refractivity contribution is -0.114. The minimum absolute atomic E-state index is 0.468. The second kappa shape index (κ2) is 11.6. The molecule has 1 aliphatic heterocycles. The third kappa shape index (κ3) is 5.71. The summed E-state index contributed by atoms with van der Waals surface area (Å²) < 4.78 is 0. The van der Waals surface area contributed by atoms with Crippen LogP contribution in [0.4, 0.5) is 5.82 Å². The first-order valence-corrected chi connectivity index (χ1v) is 11.7. The maximum Gasteiger partial charge on any atom is 0.163 e. The van der Waals surface area contributed by atoms with Crippen LogP contribution in [0.15, 0.2) is 54.7 Å². The molecule has 1 saturated heterocycles. The van der Waals surface area contributed by atoms with Gasteiger partial charge < -0.3 is 20.7 Å². The molecule has 0 radical (unpaired) electrons. The molecule has 2 heterocycles. The van der Waals surface area contributed by atoms with Gasteiger partial charge in [-0.3, -0.25) is 0 Å². The van der Waals surface area contributed by atoms with Gasteiger partial charge in [-0.25, -0.2) is 9.97 Å². The third-order valence-corrected chi connectivity index (χ3v) is 6.33. The van der Waals surface area contributed by atoms with Crippen LogP contribution in [0.3, 0.4) is 0 Å². The molecule has 0 unspecified atom stereocenters. The van der Waals surface area contributed by atoms with E-state index in [1.807, 2.05) is 61.7 Å². The number of aromatic nitrogens is 2. The number of carbonyl (C=O) groups is 1. The van der Waals surface area contributed by atoms with Gasteiger partial charge in [0.15, 0.2) is 5.82 Å². The Morgan fingerprint density at radius 3 is 2.33 bits per heavy atom. The lowest BCUT2D eigenvalue weighted by atomic mass is 9.88. The zero-order valence-electron chi connectivity index (χ0n) is 18.9. The van der Waals surface area contributed by atoms with Crippen LogP contribution >= 0.6 is 23.2 Å². The van der Waals surface area contributed by atoms with Gasteiger partial charge in [0, 0.05) is 35.4 Å². The van der Waals surface area contributed by atoms with Gasteiger partial charge in [0.2, 0.25) is 0 Å². The number of nitrogens with one attached hydrogen (secondary N) is 1. The van der Waals surface area contributed by atoms with E-state index in [1.165, 1.54) is 7.05 Å². The van der Waals surface area contributed by atoms with Crippen LogP contribution in [-0.4, -0.2) is 48.5 Å². The minimum atomic E-state index is -0.468. The molecule has 2 aromatic carbocycles. The van der Waals surface area contributed by atoms with Gasteiger partial charge in [0.1, 0.15) is 12.1 Å². The van der Waals surface area contributed by atoms with Crippen molar-refractivity contribution in [3.63, 3.8) is 0 Å². The van der Waals surface area contributed by atoms with Crippen molar-refractivity contribution in [2.75, 3.05) is 31.6 Å². The highest BCUT2D eigenvalue weighted by atomic mass is 35.5. The summed E-state index contributed by atoms with van der Waals surface area (Å²) in [6.07, 6.45) is 4.34. The average Bonchev–Trinajstić information content (AvgIpc) is 2.86. The summed E-state index contributed by atoms with van der Waals surface area (Å²) in [5, 5.41) is 4.65. The van der Waals surface area contributed by atoms with E-state index in [2.05, 4.69) is 20.9 Å². The number of rotatable bonds is 6. The minimum Gasteiger partial charge on any atom is -0.356 e. The molecule has 0 spiro atoms. The van der Waals surface area contributed by atoms with Crippen LogP contribution in [0, 0.1) is 0 Å². The Hall–Kier alpha value is -2.51. The molecular formula is C25H29Cl2N5O. The fourth-order valence-electron chi connectivity index (χ4n) is 4.03. The summed E-state index contributed by atoms with van der Waals surface area (Å²) >= 11 is 12.5. The van der Waals surface area contributed by atoms with Crippen molar-refractivity contribution in [2.45, 2.75) is 25.3 Å². The quantitative estimate of drug-likeness (QED) is 0.485. The van der Waals surface area contributed by atoms with Crippen molar-refractivity contribution < 1.29 is 4.79 Å². The molecule has 0 amide bonds. The van der Waals surface area contributed by atoms with Gasteiger partial charge in [-0.15, -0.1) is 0 Å². The third-order valence-electron chi connectivity index (χ3n) is 5.75. The average molecular weight is 486 g/mol. The van der Waals surface area contributed by atoms with Crippen molar-refractivity contribution in [1.29, 1.82) is 0 Å². The van der Waals surface area contributed by atoms with Crippen molar-refractivity contribution in [2.24, 2.45) is 5.73 Å². The van der Waals surface area contributed by atoms with Gasteiger partial charge in [0.05, 0.1) is 10.6 Å². The standard InChI is InChI=1S/C24H24Cl2N4O.CH5N/c1-2-28-24(16-31)11-13-30(14-12-24)23-20(17-7-9-18(25)10-8-17)15-27-22(29-23)19-5-3-4-6-21(19)26;1-2/h3-10,15-16,28H,2,11-14H2,1H3;2H2,1H3. The highest BCUT2D eigenvalue weighted by Gasteiger charge is 2.34. The Labute approximate surface area is 205 Å². The number of nitrogens with two attached hydrogens (primary N) is 1. The predicted molar refractivity (Wildman–Crippen MR) is 137 cm³/mol. The van der Waals surface area contributed by atoms with Gasteiger partial charge in [-0.05, 0) is 56.3 Å². The molecule has 0 saturated carbocycles. The second-order valence-electron chi connectivity index (χ2n) is 7.71. The van der Waals surface area contributed by atoms with Crippen LogP contribution in [0.2, 0.25) is 10.0 Å². The number of aldehydes is 1. The summed E-state index contributed by atoms with van der Waals surface area (Å²) in [4.78, 5) is 23.6. The van der Waals surface area contributed by atoms with Crippen LogP contribution in [0.5, 0.6) is 0 Å². The van der Waals surface area contributed by atoms with Gasteiger partial charge >= 0.3 is 0 Å². The zero-order valence-corrected chi connectivity index (χ0v) is 20.4. The fourth-order valence-corrected chi connectivity index (χ4v) is 4.37. The van der Waals surface area contributed by atoms with E-state index in [4.69, 9.17) is 28.2 Å². The molecule has 4 rings (SSSR count). The number of benzene rings is 2. The topological polar surface area (TPSA) is 84.1 Å².